The number of benzene rings is 5. The first-order valence-electron chi connectivity index (χ1n) is 13.2. The second-order valence-corrected chi connectivity index (χ2v) is 13.6. The molecule has 0 spiro atoms. The van der Waals surface area contributed by atoms with Crippen LogP contribution in [-0.2, 0) is 19.7 Å². The van der Waals surface area contributed by atoms with Gasteiger partial charge in [-0.25, -0.2) is 31.8 Å². The average Bonchev–Trinajstić information content (AvgIpc) is 3.05. The van der Waals surface area contributed by atoms with Crippen LogP contribution >= 0.6 is 0 Å². The number of sulfone groups is 2. The van der Waals surface area contributed by atoms with Crippen LogP contribution in [0.25, 0.3) is 34.2 Å². The van der Waals surface area contributed by atoms with Crippen LogP contribution in [0.2, 0.25) is 0 Å². The van der Waals surface area contributed by atoms with Crippen LogP contribution in [0.5, 0.6) is 11.5 Å². The van der Waals surface area contributed by atoms with Crippen molar-refractivity contribution in [1.29, 1.82) is 0 Å². The minimum Gasteiger partial charge on any atom is -0.508 e. The van der Waals surface area contributed by atoms with Gasteiger partial charge in [0.25, 0.3) is 0 Å². The molecule has 2 N–H and O–H groups in total. The summed E-state index contributed by atoms with van der Waals surface area (Å²) in [7, 11) is -7.64. The lowest BCUT2D eigenvalue weighted by Crippen LogP contribution is -2.03. The Hall–Kier alpha value is -5.39. The number of aromatic hydroxyl groups is 2. The molecule has 0 fully saturated rings. The Bertz CT molecular complexity index is 2030. The quantitative estimate of drug-likeness (QED) is 0.221. The molecular formula is C33H23N3O6S2. The fourth-order valence-electron chi connectivity index (χ4n) is 4.44. The van der Waals surface area contributed by atoms with E-state index in [1.54, 1.807) is 24.3 Å². The maximum absolute atomic E-state index is 13.1. The zero-order valence-corrected chi connectivity index (χ0v) is 24.4. The number of phenolic OH excluding ortho intramolecular Hbond substituents is 2. The second kappa shape index (κ2) is 11.4. The minimum absolute atomic E-state index is 0.0345. The molecule has 6 rings (SSSR count). The zero-order chi connectivity index (χ0) is 30.9. The Morgan fingerprint density at radius 1 is 0.364 bits per heavy atom. The number of hydrogen-bond donors (Lipinski definition) is 2. The molecule has 0 amide bonds. The molecule has 1 aromatic heterocycles. The summed E-state index contributed by atoms with van der Waals surface area (Å²) in [5, 5.41) is 19.0. The van der Waals surface area contributed by atoms with E-state index in [1.807, 2.05) is 30.3 Å². The summed E-state index contributed by atoms with van der Waals surface area (Å²) in [6, 6.07) is 32.2. The molecular weight excluding hydrogens is 599 g/mol. The van der Waals surface area contributed by atoms with E-state index in [1.165, 1.54) is 72.8 Å². The van der Waals surface area contributed by atoms with Crippen molar-refractivity contribution in [1.82, 2.24) is 15.0 Å². The Labute approximate surface area is 253 Å². The van der Waals surface area contributed by atoms with Crippen molar-refractivity contribution in [2.45, 2.75) is 19.6 Å². The van der Waals surface area contributed by atoms with Gasteiger partial charge in [0.15, 0.2) is 17.5 Å². The highest BCUT2D eigenvalue weighted by molar-refractivity contribution is 7.91. The summed E-state index contributed by atoms with van der Waals surface area (Å²) < 4.78 is 52.4. The van der Waals surface area contributed by atoms with E-state index in [9.17, 15) is 27.0 Å². The van der Waals surface area contributed by atoms with E-state index >= 15 is 0 Å². The van der Waals surface area contributed by atoms with Crippen molar-refractivity contribution >= 4 is 19.7 Å². The van der Waals surface area contributed by atoms with Crippen LogP contribution in [0, 0.1) is 0 Å². The molecule has 0 radical (unpaired) electrons. The second-order valence-electron chi connectivity index (χ2n) is 9.72. The van der Waals surface area contributed by atoms with Crippen LogP contribution in [0.4, 0.5) is 0 Å². The molecule has 11 heteroatoms. The van der Waals surface area contributed by atoms with Crippen LogP contribution < -0.4 is 0 Å². The van der Waals surface area contributed by atoms with Gasteiger partial charge < -0.3 is 10.2 Å². The predicted molar refractivity (Wildman–Crippen MR) is 163 cm³/mol. The van der Waals surface area contributed by atoms with E-state index in [-0.39, 0.29) is 31.1 Å². The van der Waals surface area contributed by atoms with Crippen molar-refractivity contribution in [3.63, 3.8) is 0 Å². The van der Waals surface area contributed by atoms with Crippen molar-refractivity contribution in [2.75, 3.05) is 0 Å². The van der Waals surface area contributed by atoms with E-state index in [0.717, 1.165) is 5.56 Å². The first kappa shape index (κ1) is 28.7. The molecule has 44 heavy (non-hydrogen) atoms. The predicted octanol–water partition coefficient (Wildman–Crippen LogP) is 5.95. The molecule has 0 atom stereocenters. The zero-order valence-electron chi connectivity index (χ0n) is 22.8. The Kier molecular flexibility index (Phi) is 7.41. The molecule has 0 aliphatic heterocycles. The molecule has 0 bridgehead atoms. The van der Waals surface area contributed by atoms with E-state index in [0.29, 0.717) is 28.6 Å². The molecule has 0 saturated heterocycles. The van der Waals surface area contributed by atoms with Gasteiger partial charge in [0.05, 0.1) is 19.6 Å². The van der Waals surface area contributed by atoms with Gasteiger partial charge in [-0.2, -0.15) is 0 Å². The van der Waals surface area contributed by atoms with Crippen molar-refractivity contribution < 1.29 is 27.0 Å². The third kappa shape index (κ3) is 5.65. The van der Waals surface area contributed by atoms with E-state index in [4.69, 9.17) is 0 Å². The third-order valence-electron chi connectivity index (χ3n) is 6.81. The molecule has 1 heterocycles. The molecule has 0 aliphatic rings. The largest absolute Gasteiger partial charge is 0.508 e. The van der Waals surface area contributed by atoms with Gasteiger partial charge in [-0.1, -0.05) is 30.3 Å². The highest BCUT2D eigenvalue weighted by Gasteiger charge is 2.20. The number of aromatic nitrogens is 3. The lowest BCUT2D eigenvalue weighted by Gasteiger charge is -2.10. The van der Waals surface area contributed by atoms with Gasteiger partial charge >= 0.3 is 0 Å². The van der Waals surface area contributed by atoms with Gasteiger partial charge in [-0.3, -0.25) is 0 Å². The van der Waals surface area contributed by atoms with Crippen LogP contribution in [-0.4, -0.2) is 42.0 Å². The molecule has 0 unspecified atom stereocenters. The van der Waals surface area contributed by atoms with Gasteiger partial charge in [0, 0.05) is 16.7 Å². The average molecular weight is 622 g/mol. The maximum atomic E-state index is 13.1. The summed E-state index contributed by atoms with van der Waals surface area (Å²) in [6.07, 6.45) is 0. The topological polar surface area (TPSA) is 147 Å². The molecule has 0 aliphatic carbocycles. The van der Waals surface area contributed by atoms with Crippen LogP contribution in [0.3, 0.4) is 0 Å². The Morgan fingerprint density at radius 2 is 0.636 bits per heavy atom. The molecule has 9 nitrogen and oxygen atoms in total. The Balaban J connectivity index is 1.38. The number of nitrogens with zero attached hydrogens (tertiary/aromatic N) is 3. The third-order valence-corrected chi connectivity index (χ3v) is 10.4. The summed E-state index contributed by atoms with van der Waals surface area (Å²) in [4.78, 5) is 14.2. The van der Waals surface area contributed by atoms with Gasteiger partial charge in [-0.05, 0) is 97.1 Å². The van der Waals surface area contributed by atoms with Gasteiger partial charge in [0.2, 0.25) is 19.7 Å². The number of phenols is 2. The minimum atomic E-state index is -3.82. The monoisotopic (exact) mass is 621 g/mol. The number of rotatable bonds is 7. The summed E-state index contributed by atoms with van der Waals surface area (Å²) in [5.41, 5.74) is 1.82. The maximum Gasteiger partial charge on any atom is 0.206 e. The van der Waals surface area contributed by atoms with Gasteiger partial charge in [0.1, 0.15) is 11.5 Å². The van der Waals surface area contributed by atoms with Crippen LogP contribution in [0.15, 0.2) is 147 Å². The standard InChI is InChI=1S/C33H23N3O6S2/c37-25-10-18-29(19-11-25)43(39,40)27-14-6-23(7-15-27)32-34-31(22-4-2-1-3-5-22)35-33(36-32)24-8-16-28(17-9-24)44(41,42)30-20-12-26(38)13-21-30/h1-21,37-38H. The highest BCUT2D eigenvalue weighted by Crippen LogP contribution is 2.29. The van der Waals surface area contributed by atoms with E-state index in [2.05, 4.69) is 15.0 Å². The van der Waals surface area contributed by atoms with Crippen molar-refractivity contribution in [3.05, 3.63) is 127 Å². The summed E-state index contributed by atoms with van der Waals surface area (Å²) in [6.45, 7) is 0. The lowest BCUT2D eigenvalue weighted by molar-refractivity contribution is 0.474. The fraction of sp³-hybridized carbons (Fsp3) is 0. The molecule has 0 saturated carbocycles. The van der Waals surface area contributed by atoms with Crippen molar-refractivity contribution in [2.24, 2.45) is 0 Å². The summed E-state index contributed by atoms with van der Waals surface area (Å²) >= 11 is 0. The molecule has 5 aromatic carbocycles. The molecule has 6 aromatic rings. The van der Waals surface area contributed by atoms with Crippen molar-refractivity contribution in [3.8, 4) is 45.7 Å². The molecule has 218 valence electrons. The summed E-state index contributed by atoms with van der Waals surface area (Å²) in [5.74, 6) is 0.902. The normalized spacial score (nSPS) is 11.7. The lowest BCUT2D eigenvalue weighted by atomic mass is 10.1. The smallest absolute Gasteiger partial charge is 0.206 e. The van der Waals surface area contributed by atoms with Crippen LogP contribution in [0.1, 0.15) is 0 Å². The SMILES string of the molecule is O=S(=O)(c1ccc(O)cc1)c1ccc(-c2nc(-c3ccccc3)nc(-c3ccc(S(=O)(=O)c4ccc(O)cc4)cc3)n2)cc1. The first-order chi connectivity index (χ1) is 21.1. The number of hydrogen-bond acceptors (Lipinski definition) is 9. The van der Waals surface area contributed by atoms with Gasteiger partial charge in [-0.15, -0.1) is 0 Å². The van der Waals surface area contributed by atoms with E-state index < -0.39 is 19.7 Å². The Morgan fingerprint density at radius 3 is 0.955 bits per heavy atom. The first-order valence-corrected chi connectivity index (χ1v) is 16.2. The highest BCUT2D eigenvalue weighted by atomic mass is 32.2. The fourth-order valence-corrected chi connectivity index (χ4v) is 6.96.